The maximum Gasteiger partial charge on any atom is 0.319 e. The Morgan fingerprint density at radius 1 is 1.14 bits per heavy atom. The van der Waals surface area contributed by atoms with Gasteiger partial charge in [-0.2, -0.15) is 15.2 Å². The number of hydrogen-bond donors (Lipinski definition) is 2. The lowest BCUT2D eigenvalue weighted by Crippen LogP contribution is -2.53. The molecule has 254 valence electrons. The van der Waals surface area contributed by atoms with E-state index < -0.39 is 11.6 Å². The molecule has 49 heavy (non-hydrogen) atoms. The van der Waals surface area contributed by atoms with Crippen LogP contribution in [-0.2, 0) is 4.74 Å². The molecule has 3 aromatic heterocycles. The number of aromatic nitrogens is 3. The fraction of sp³-hybridized carbons (Fsp3) is 0.528. The Bertz CT molecular complexity index is 1980. The fourth-order valence-electron chi connectivity index (χ4n) is 8.62. The molecule has 3 saturated heterocycles. The highest BCUT2D eigenvalue weighted by atomic mass is 32.1. The van der Waals surface area contributed by atoms with Crippen LogP contribution in [0.4, 0.5) is 19.6 Å². The number of thiophene rings is 1. The standard InChI is InChI=1S/C36H38F2N8O2S/c1-40-34-24(11-39)27-23(7-8-26(37)32(27)49-34)30-28(38)31-25(12-41-30)33(46-13-21-5-6-22(14-46)43-21)45-35(44-31)48-18-36(9-10-36)17-42-29-19-3-2-4-20(29)16-47-15-19/h7-8,12,19-22,29,42-43H,1-6,9-10,13-18H2. The van der Waals surface area contributed by atoms with Crippen molar-refractivity contribution < 1.29 is 18.3 Å². The van der Waals surface area contributed by atoms with Crippen molar-refractivity contribution in [2.45, 2.75) is 63.1 Å². The van der Waals surface area contributed by atoms with Gasteiger partial charge in [0.2, 0.25) is 0 Å². The minimum Gasteiger partial charge on any atom is -0.463 e. The number of aliphatic imine (C=N–C) groups is 1. The summed E-state index contributed by atoms with van der Waals surface area (Å²) in [6, 6.07) is 6.11. The van der Waals surface area contributed by atoms with Crippen LogP contribution in [0.5, 0.6) is 6.01 Å². The zero-order valence-corrected chi connectivity index (χ0v) is 28.0. The summed E-state index contributed by atoms with van der Waals surface area (Å²) in [4.78, 5) is 20.3. The zero-order chi connectivity index (χ0) is 33.3. The van der Waals surface area contributed by atoms with Crippen LogP contribution >= 0.6 is 11.3 Å². The van der Waals surface area contributed by atoms with Gasteiger partial charge in [0.05, 0.1) is 35.5 Å². The van der Waals surface area contributed by atoms with Crippen LogP contribution in [0.3, 0.4) is 0 Å². The molecule has 4 unspecified atom stereocenters. The van der Waals surface area contributed by atoms with E-state index in [9.17, 15) is 9.65 Å². The predicted molar refractivity (Wildman–Crippen MR) is 185 cm³/mol. The van der Waals surface area contributed by atoms with Gasteiger partial charge in [-0.15, -0.1) is 11.3 Å². The maximum absolute atomic E-state index is 16.9. The van der Waals surface area contributed by atoms with Crippen molar-refractivity contribution in [1.82, 2.24) is 25.6 Å². The molecule has 0 radical (unpaired) electrons. The van der Waals surface area contributed by atoms with E-state index in [1.165, 1.54) is 31.4 Å². The number of pyridine rings is 1. The van der Waals surface area contributed by atoms with Crippen LogP contribution in [0.25, 0.3) is 32.2 Å². The summed E-state index contributed by atoms with van der Waals surface area (Å²) in [7, 11) is 0. The van der Waals surface area contributed by atoms with Crippen molar-refractivity contribution >= 4 is 49.9 Å². The van der Waals surface area contributed by atoms with Gasteiger partial charge in [0, 0.05) is 60.3 Å². The lowest BCUT2D eigenvalue weighted by atomic mass is 9.75. The fourth-order valence-corrected chi connectivity index (χ4v) is 9.61. The second-order valence-corrected chi connectivity index (χ2v) is 15.6. The molecule has 10 nitrogen and oxygen atoms in total. The highest BCUT2D eigenvalue weighted by Crippen LogP contribution is 2.47. The number of rotatable bonds is 9. The molecule has 9 rings (SSSR count). The smallest absolute Gasteiger partial charge is 0.319 e. The van der Waals surface area contributed by atoms with Crippen LogP contribution < -0.4 is 20.3 Å². The molecule has 2 aliphatic carbocycles. The van der Waals surface area contributed by atoms with Crippen molar-refractivity contribution in [2.24, 2.45) is 22.2 Å². The first-order valence-electron chi connectivity index (χ1n) is 17.4. The highest BCUT2D eigenvalue weighted by molar-refractivity contribution is 7.23. The number of nitrogens with zero attached hydrogens (tertiary/aromatic N) is 6. The van der Waals surface area contributed by atoms with Gasteiger partial charge in [-0.05, 0) is 69.2 Å². The lowest BCUT2D eigenvalue weighted by molar-refractivity contribution is -0.0377. The second kappa shape index (κ2) is 12.2. The molecular formula is C36H38F2N8O2S. The van der Waals surface area contributed by atoms with Crippen LogP contribution in [0.2, 0.25) is 0 Å². The molecule has 6 heterocycles. The summed E-state index contributed by atoms with van der Waals surface area (Å²) >= 11 is 1.01. The average Bonchev–Trinajstić information content (AvgIpc) is 3.66. The summed E-state index contributed by atoms with van der Waals surface area (Å²) in [5.74, 6) is 0.541. The molecule has 1 aromatic carbocycles. The van der Waals surface area contributed by atoms with Crippen LogP contribution in [0.15, 0.2) is 23.3 Å². The van der Waals surface area contributed by atoms with Gasteiger partial charge in [0.15, 0.2) is 5.82 Å². The van der Waals surface area contributed by atoms with Crippen molar-refractivity contribution in [2.75, 3.05) is 44.4 Å². The van der Waals surface area contributed by atoms with Gasteiger partial charge >= 0.3 is 6.01 Å². The monoisotopic (exact) mass is 684 g/mol. The van der Waals surface area contributed by atoms with Gasteiger partial charge in [0.25, 0.3) is 0 Å². The number of nitrogens with one attached hydrogen (secondary N) is 2. The number of piperazine rings is 1. The molecule has 0 spiro atoms. The van der Waals surface area contributed by atoms with E-state index in [-0.39, 0.29) is 43.3 Å². The summed E-state index contributed by atoms with van der Waals surface area (Å²) in [5.41, 5.74) is 0.486. The number of halogens is 2. The van der Waals surface area contributed by atoms with Gasteiger partial charge in [-0.25, -0.2) is 8.78 Å². The molecule has 4 bridgehead atoms. The Morgan fingerprint density at radius 2 is 1.92 bits per heavy atom. The van der Waals surface area contributed by atoms with E-state index >= 15 is 4.39 Å². The molecule has 4 atom stereocenters. The molecule has 2 saturated carbocycles. The normalized spacial score (nSPS) is 27.0. The van der Waals surface area contributed by atoms with E-state index in [2.05, 4.69) is 43.3 Å². The van der Waals surface area contributed by atoms with Crippen molar-refractivity contribution in [1.29, 1.82) is 5.26 Å². The molecule has 2 N–H and O–H groups in total. The molecule has 3 aliphatic heterocycles. The van der Waals surface area contributed by atoms with Gasteiger partial charge in [0.1, 0.15) is 33.9 Å². The van der Waals surface area contributed by atoms with E-state index in [1.54, 1.807) is 6.20 Å². The number of nitriles is 1. The van der Waals surface area contributed by atoms with Crippen molar-refractivity contribution in [3.05, 3.63) is 35.5 Å². The number of hydrogen-bond acceptors (Lipinski definition) is 11. The van der Waals surface area contributed by atoms with Crippen molar-refractivity contribution in [3.8, 4) is 23.3 Å². The Labute approximate surface area is 286 Å². The second-order valence-electron chi connectivity index (χ2n) is 14.6. The lowest BCUT2D eigenvalue weighted by Gasteiger charge is -2.43. The molecular weight excluding hydrogens is 647 g/mol. The number of benzene rings is 1. The van der Waals surface area contributed by atoms with Crippen molar-refractivity contribution in [3.63, 3.8) is 0 Å². The summed E-state index contributed by atoms with van der Waals surface area (Å²) in [6.45, 7) is 7.98. The third-order valence-electron chi connectivity index (χ3n) is 11.4. The molecule has 4 aromatic rings. The topological polar surface area (TPSA) is 121 Å². The Balaban J connectivity index is 1.07. The SMILES string of the molecule is C=Nc1sc2c(F)ccc(-c3ncc4c(N5CC6CCC(C5)N6)nc(OCC5(CNC6C7CCCC6COC7)CC5)nc4c3F)c2c1C#N. The summed E-state index contributed by atoms with van der Waals surface area (Å²) in [6.07, 6.45) is 9.55. The Hall–Kier alpha value is -3.83. The predicted octanol–water partition coefficient (Wildman–Crippen LogP) is 5.89. The number of ether oxygens (including phenoxy) is 2. The Kier molecular flexibility index (Phi) is 7.76. The summed E-state index contributed by atoms with van der Waals surface area (Å²) in [5, 5.41) is 18.5. The van der Waals surface area contributed by atoms with Crippen LogP contribution in [-0.4, -0.2) is 79.2 Å². The average molecular weight is 685 g/mol. The minimum absolute atomic E-state index is 0.00948. The zero-order valence-electron chi connectivity index (χ0n) is 27.2. The van der Waals surface area contributed by atoms with E-state index in [0.717, 1.165) is 69.9 Å². The molecule has 0 amide bonds. The number of fused-ring (bicyclic) bond motifs is 6. The Morgan fingerprint density at radius 3 is 2.63 bits per heavy atom. The molecule has 13 heteroatoms. The first-order valence-corrected chi connectivity index (χ1v) is 18.2. The largest absolute Gasteiger partial charge is 0.463 e. The minimum atomic E-state index is -0.672. The maximum atomic E-state index is 16.9. The van der Waals surface area contributed by atoms with E-state index in [1.807, 2.05) is 0 Å². The van der Waals surface area contributed by atoms with Crippen LogP contribution in [0.1, 0.15) is 50.5 Å². The summed E-state index contributed by atoms with van der Waals surface area (Å²) < 4.78 is 44.3. The third-order valence-corrected chi connectivity index (χ3v) is 12.6. The quantitative estimate of drug-likeness (QED) is 0.208. The number of anilines is 1. The van der Waals surface area contributed by atoms with E-state index in [0.29, 0.717) is 53.3 Å². The van der Waals surface area contributed by atoms with Gasteiger partial charge < -0.3 is 25.0 Å². The van der Waals surface area contributed by atoms with E-state index in [4.69, 9.17) is 14.5 Å². The van der Waals surface area contributed by atoms with Crippen LogP contribution in [0, 0.1) is 40.2 Å². The third kappa shape index (κ3) is 5.44. The first kappa shape index (κ1) is 31.2. The highest BCUT2D eigenvalue weighted by Gasteiger charge is 2.46. The molecule has 5 fully saturated rings. The van der Waals surface area contributed by atoms with Gasteiger partial charge in [-0.3, -0.25) is 9.98 Å². The van der Waals surface area contributed by atoms with Gasteiger partial charge in [-0.1, -0.05) is 6.42 Å². The molecule has 5 aliphatic rings. The first-order chi connectivity index (χ1) is 23.9.